The van der Waals surface area contributed by atoms with Crippen molar-refractivity contribution >= 4 is 74.6 Å². The Hall–Kier alpha value is -0.869. The standard InChI is InChI=1S/C2H2O4.6FH3O3Si.2H3N.H3O4P/c3-1(4)2(5)6;6*1-5(2,3)4;;;1-5(2,3)4/h(H,3,4)(H,5,6);6*2-4H;2*1H3;(H3,1,2,3,4). The normalized spacial score (nSPS) is 10.8. The van der Waals surface area contributed by atoms with E-state index in [1.807, 2.05) is 0 Å². The number of carbonyl (C=O) groups is 2. The number of hydrogen-bond acceptors (Lipinski definition) is 23. The number of phosphoric acid groups is 1. The second-order valence-corrected chi connectivity index (χ2v) is 12.1. The first kappa shape index (κ1) is 69.0. The quantitative estimate of drug-likeness (QED) is 0.0355. The average Bonchev–Trinajstić information content (AvgIpc) is 2.32. The van der Waals surface area contributed by atoms with Crippen molar-refractivity contribution in [1.82, 2.24) is 12.3 Å². The lowest BCUT2D eigenvalue weighted by Gasteiger charge is -1.88. The predicted molar refractivity (Wildman–Crippen MR) is 121 cm³/mol. The summed E-state index contributed by atoms with van der Waals surface area (Å²) in [5.41, 5.74) is 0. The molecular weight excluding hydrogens is 781 g/mol. The summed E-state index contributed by atoms with van der Waals surface area (Å²) < 4.78 is 71.8. The van der Waals surface area contributed by atoms with Crippen LogP contribution >= 0.6 is 7.82 Å². The zero-order valence-electron chi connectivity index (χ0n) is 19.6. The molecule has 0 fully saturated rings. The van der Waals surface area contributed by atoms with Crippen LogP contribution in [0.3, 0.4) is 0 Å². The minimum absolute atomic E-state index is 0. The van der Waals surface area contributed by atoms with Crippen molar-refractivity contribution in [3.05, 3.63) is 0 Å². The molecular formula is C2H29F6N2O26PSi6. The largest absolute Gasteiger partial charge is 0.711 e. The number of carboxylic acids is 2. The summed E-state index contributed by atoms with van der Waals surface area (Å²) in [4.78, 5) is 168. The highest BCUT2D eigenvalue weighted by molar-refractivity contribution is 7.45. The van der Waals surface area contributed by atoms with Crippen LogP contribution in [0.15, 0.2) is 0 Å². The van der Waals surface area contributed by atoms with Gasteiger partial charge in [-0.1, -0.05) is 0 Å². The van der Waals surface area contributed by atoms with Crippen LogP contribution in [-0.2, 0) is 14.2 Å². The summed E-state index contributed by atoms with van der Waals surface area (Å²) in [6.45, 7) is 0. The van der Waals surface area contributed by atoms with Crippen LogP contribution in [0, 0.1) is 0 Å². The summed E-state index contributed by atoms with van der Waals surface area (Å²) in [5, 5.41) is 14.8. The van der Waals surface area contributed by atoms with E-state index in [1.165, 1.54) is 0 Å². The van der Waals surface area contributed by atoms with Crippen LogP contribution < -0.4 is 12.3 Å². The maximum absolute atomic E-state index is 10.5. The van der Waals surface area contributed by atoms with Crippen LogP contribution in [0.1, 0.15) is 0 Å². The van der Waals surface area contributed by atoms with Gasteiger partial charge in [0.1, 0.15) is 0 Å². The molecule has 0 unspecified atom stereocenters. The molecule has 29 N–H and O–H groups in total. The van der Waals surface area contributed by atoms with Crippen LogP contribution in [0.4, 0.5) is 24.6 Å². The van der Waals surface area contributed by atoms with E-state index in [9.17, 15) is 24.6 Å². The fraction of sp³-hybridized carbons (Fsp3) is 0. The Labute approximate surface area is 237 Å². The summed E-state index contributed by atoms with van der Waals surface area (Å²) in [6, 6.07) is 0. The highest BCUT2D eigenvalue weighted by atomic mass is 31.2. The van der Waals surface area contributed by atoms with Crippen molar-refractivity contribution in [2.24, 2.45) is 0 Å². The molecule has 0 spiro atoms. The molecule has 43 heavy (non-hydrogen) atoms. The van der Waals surface area contributed by atoms with E-state index >= 15 is 0 Å². The molecule has 0 aromatic carbocycles. The van der Waals surface area contributed by atoms with Crippen molar-refractivity contribution in [3.8, 4) is 0 Å². The molecule has 0 aliphatic carbocycles. The third-order valence-corrected chi connectivity index (χ3v) is 0.183. The molecule has 41 heteroatoms. The Bertz CT molecular complexity index is 529. The number of carboxylic acid groups (broad SMARTS) is 2. The first-order valence-corrected chi connectivity index (χ1v) is 18.9. The first-order valence-electron chi connectivity index (χ1n) is 7.05. The van der Waals surface area contributed by atoms with Crippen molar-refractivity contribution in [2.45, 2.75) is 0 Å². The van der Waals surface area contributed by atoms with Gasteiger partial charge < -0.3 is 124 Å². The molecule has 0 aromatic rings. The second-order valence-electron chi connectivity index (χ2n) is 4.44. The van der Waals surface area contributed by atoms with Crippen LogP contribution in [0.2, 0.25) is 0 Å². The van der Waals surface area contributed by atoms with E-state index in [-0.39, 0.29) is 12.3 Å². The molecule has 0 heterocycles. The van der Waals surface area contributed by atoms with E-state index in [0.717, 1.165) is 0 Å². The number of rotatable bonds is 0. The summed E-state index contributed by atoms with van der Waals surface area (Å²) in [6.07, 6.45) is 0. The Balaban J connectivity index is -0.0000000360. The lowest BCUT2D eigenvalue weighted by molar-refractivity contribution is -0.159. The molecule has 0 saturated carbocycles. The van der Waals surface area contributed by atoms with Crippen molar-refractivity contribution in [3.63, 3.8) is 0 Å². The molecule has 0 bridgehead atoms. The van der Waals surface area contributed by atoms with Gasteiger partial charge in [0.05, 0.1) is 0 Å². The van der Waals surface area contributed by atoms with Gasteiger partial charge in [0.15, 0.2) is 0 Å². The Morgan fingerprint density at radius 1 is 0.372 bits per heavy atom. The lowest BCUT2D eigenvalue weighted by atomic mass is 10.7. The molecule has 0 aromatic heterocycles. The number of halogens is 6. The fourth-order valence-corrected chi connectivity index (χ4v) is 0. The smallest absolute Gasteiger partial charge is 0.473 e. The number of hydrogen-bond donors (Lipinski definition) is 25. The third-order valence-electron chi connectivity index (χ3n) is 0.183. The van der Waals surface area contributed by atoms with Gasteiger partial charge in [-0.3, -0.25) is 0 Å². The Kier molecular flexibility index (Phi) is 47.9. The summed E-state index contributed by atoms with van der Waals surface area (Å²) >= 11 is 0. The van der Waals surface area contributed by atoms with Crippen molar-refractivity contribution in [2.75, 3.05) is 0 Å². The van der Waals surface area contributed by atoms with Crippen LogP contribution in [-0.4, -0.2) is 178 Å². The predicted octanol–water partition coefficient (Wildman–Crippen LogP) is -11.2. The molecule has 274 valence electrons. The number of aliphatic carboxylic acids is 2. The minimum Gasteiger partial charge on any atom is -0.473 e. The van der Waals surface area contributed by atoms with E-state index in [2.05, 4.69) is 0 Å². The fourth-order valence-electron chi connectivity index (χ4n) is 0. The topological polar surface area (TPSA) is 587 Å². The minimum atomic E-state index is -5.11. The maximum Gasteiger partial charge on any atom is 0.711 e. The van der Waals surface area contributed by atoms with Gasteiger partial charge in [-0.05, 0) is 0 Å². The maximum atomic E-state index is 10.5. The van der Waals surface area contributed by atoms with E-state index < -0.39 is 74.6 Å². The van der Waals surface area contributed by atoms with Gasteiger partial charge in [0.2, 0.25) is 0 Å². The Morgan fingerprint density at radius 3 is 0.395 bits per heavy atom. The zero-order valence-corrected chi connectivity index (χ0v) is 26.5. The summed E-state index contributed by atoms with van der Waals surface area (Å²) in [7, 11) is -35.3. The SMILES string of the molecule is N.N.O=C(O)C(=O)O.O=P(O)(O)O.O[Si](O)(O)F.O[Si](O)(O)F.O[Si](O)(O)F.O[Si](O)(O)F.O[Si](O)(O)F.O[Si](O)(O)F. The van der Waals surface area contributed by atoms with Crippen molar-refractivity contribution in [1.29, 1.82) is 0 Å². The van der Waals surface area contributed by atoms with Gasteiger partial charge in [-0.15, -0.1) is 0 Å². The van der Waals surface area contributed by atoms with Crippen LogP contribution in [0.25, 0.3) is 0 Å². The molecule has 0 atom stereocenters. The highest BCUT2D eigenvalue weighted by Gasteiger charge is 2.28. The molecule has 0 saturated heterocycles. The molecule has 0 rings (SSSR count). The van der Waals surface area contributed by atoms with E-state index in [1.54, 1.807) is 0 Å². The van der Waals surface area contributed by atoms with Gasteiger partial charge in [0, 0.05) is 0 Å². The summed E-state index contributed by atoms with van der Waals surface area (Å²) in [5.74, 6) is -3.65. The van der Waals surface area contributed by atoms with Gasteiger partial charge in [-0.2, -0.15) is 0 Å². The van der Waals surface area contributed by atoms with Crippen LogP contribution in [0.5, 0.6) is 0 Å². The third kappa shape index (κ3) is 6420. The van der Waals surface area contributed by atoms with Gasteiger partial charge >= 0.3 is 74.6 Å². The van der Waals surface area contributed by atoms with E-state index in [4.69, 9.17) is 125 Å². The molecule has 0 amide bonds. The lowest BCUT2D eigenvalue weighted by Crippen LogP contribution is -2.27. The van der Waals surface area contributed by atoms with Crippen molar-refractivity contribution < 1.29 is 150 Å². The van der Waals surface area contributed by atoms with E-state index in [0.29, 0.717) is 0 Å². The van der Waals surface area contributed by atoms with Gasteiger partial charge in [0.25, 0.3) is 0 Å². The monoisotopic (exact) mass is 810 g/mol. The second kappa shape index (κ2) is 29.8. The molecule has 0 aliphatic rings. The highest BCUT2D eigenvalue weighted by Crippen LogP contribution is 2.25. The zero-order chi connectivity index (χ0) is 36.7. The van der Waals surface area contributed by atoms with Gasteiger partial charge in [-0.25, -0.2) is 38.8 Å². The first-order chi connectivity index (χ1) is 16.6. The Morgan fingerprint density at radius 2 is 0.395 bits per heavy atom. The average molecular weight is 811 g/mol. The molecule has 28 nitrogen and oxygen atoms in total. The molecule has 0 radical (unpaired) electrons. The molecule has 0 aliphatic heterocycles.